The topological polar surface area (TPSA) is 51.0 Å². The predicted octanol–water partition coefficient (Wildman–Crippen LogP) is 7.30. The normalized spacial score (nSPS) is 18.1. The summed E-state index contributed by atoms with van der Waals surface area (Å²) in [6.45, 7) is 21.5. The Balaban J connectivity index is 0.00000342. The summed E-state index contributed by atoms with van der Waals surface area (Å²) in [5.74, 6) is 2.03. The summed E-state index contributed by atoms with van der Waals surface area (Å²) in [7, 11) is 1.71. The number of phenolic OH excluding ortho intramolecular Hbond substituents is 1. The van der Waals surface area contributed by atoms with Crippen LogP contribution in [0.15, 0.2) is 23.2 Å². The van der Waals surface area contributed by atoms with Gasteiger partial charge in [-0.25, -0.2) is 0 Å². The summed E-state index contributed by atoms with van der Waals surface area (Å²) in [5, 5.41) is 11.3. The molecule has 0 bridgehead atoms. The van der Waals surface area contributed by atoms with E-state index < -0.39 is 0 Å². The maximum Gasteiger partial charge on any atom is 0.166 e. The Bertz CT molecular complexity index is 1160. The van der Waals surface area contributed by atoms with E-state index in [0.717, 1.165) is 46.7 Å². The van der Waals surface area contributed by atoms with Crippen LogP contribution < -0.4 is 9.47 Å². The zero-order valence-electron chi connectivity index (χ0n) is 23.3. The first kappa shape index (κ1) is 27.4. The molecule has 0 aliphatic carbocycles. The number of rotatable bonds is 2. The van der Waals surface area contributed by atoms with E-state index in [2.05, 4.69) is 87.4 Å². The van der Waals surface area contributed by atoms with E-state index in [1.54, 1.807) is 7.11 Å². The minimum absolute atomic E-state index is 0. The van der Waals surface area contributed by atoms with Gasteiger partial charge in [-0.1, -0.05) is 41.5 Å². The zero-order valence-corrected chi connectivity index (χ0v) is 24.1. The lowest BCUT2D eigenvalue weighted by Crippen LogP contribution is -2.31. The molecular formula is C30H42ClNO3. The van der Waals surface area contributed by atoms with Crippen molar-refractivity contribution in [2.75, 3.05) is 7.11 Å². The molecular weight excluding hydrogens is 458 g/mol. The highest BCUT2D eigenvalue weighted by Gasteiger charge is 2.40. The van der Waals surface area contributed by atoms with Crippen molar-refractivity contribution in [1.29, 1.82) is 0 Å². The summed E-state index contributed by atoms with van der Waals surface area (Å²) in [6.07, 6.45) is 1.64. The van der Waals surface area contributed by atoms with Gasteiger partial charge in [0.25, 0.3) is 0 Å². The van der Waals surface area contributed by atoms with Crippen LogP contribution in [-0.2, 0) is 23.7 Å². The number of aromatic hydroxyl groups is 1. The van der Waals surface area contributed by atoms with Crippen LogP contribution in [0.1, 0.15) is 103 Å². The molecule has 2 aliphatic rings. The van der Waals surface area contributed by atoms with Gasteiger partial charge in [-0.3, -0.25) is 4.99 Å². The summed E-state index contributed by atoms with van der Waals surface area (Å²) in [5.41, 5.74) is 6.57. The predicted molar refractivity (Wildman–Crippen MR) is 148 cm³/mol. The molecule has 0 radical (unpaired) electrons. The highest BCUT2D eigenvalue weighted by Crippen LogP contribution is 2.48. The van der Waals surface area contributed by atoms with Crippen LogP contribution in [0.2, 0.25) is 0 Å². The minimum atomic E-state index is -0.301. The number of methoxy groups -OCH3 is 1. The van der Waals surface area contributed by atoms with Gasteiger partial charge >= 0.3 is 0 Å². The molecule has 0 saturated heterocycles. The van der Waals surface area contributed by atoms with Crippen molar-refractivity contribution >= 4 is 18.1 Å². The summed E-state index contributed by atoms with van der Waals surface area (Å²) < 4.78 is 12.1. The second-order valence-electron chi connectivity index (χ2n) is 13.3. The van der Waals surface area contributed by atoms with E-state index in [-0.39, 0.29) is 34.4 Å². The molecule has 0 unspecified atom stereocenters. The fourth-order valence-corrected chi connectivity index (χ4v) is 5.34. The number of ether oxygens (including phenoxy) is 2. The van der Waals surface area contributed by atoms with E-state index in [1.807, 2.05) is 0 Å². The van der Waals surface area contributed by atoms with Gasteiger partial charge in [0.2, 0.25) is 0 Å². The number of hydrogen-bond acceptors (Lipinski definition) is 4. The molecule has 2 aromatic carbocycles. The molecule has 0 fully saturated rings. The van der Waals surface area contributed by atoms with E-state index in [4.69, 9.17) is 14.5 Å². The number of halogens is 1. The first-order chi connectivity index (χ1) is 15.4. The first-order valence-corrected chi connectivity index (χ1v) is 12.3. The Morgan fingerprint density at radius 1 is 0.914 bits per heavy atom. The van der Waals surface area contributed by atoms with Gasteiger partial charge in [-0.05, 0) is 68.7 Å². The smallest absolute Gasteiger partial charge is 0.166 e. The average Bonchev–Trinajstić information content (AvgIpc) is 2.99. The Labute approximate surface area is 217 Å². The van der Waals surface area contributed by atoms with E-state index in [9.17, 15) is 5.11 Å². The lowest BCUT2D eigenvalue weighted by atomic mass is 9.76. The van der Waals surface area contributed by atoms with Crippen molar-refractivity contribution in [1.82, 2.24) is 0 Å². The van der Waals surface area contributed by atoms with Crippen molar-refractivity contribution in [3.05, 3.63) is 51.6 Å². The Hall–Kier alpha value is -2.20. The quantitative estimate of drug-likeness (QED) is 0.471. The largest absolute Gasteiger partial charge is 0.507 e. The molecule has 2 aliphatic heterocycles. The van der Waals surface area contributed by atoms with E-state index in [1.165, 1.54) is 16.7 Å². The van der Waals surface area contributed by atoms with Crippen molar-refractivity contribution in [2.24, 2.45) is 4.99 Å². The Morgan fingerprint density at radius 3 is 1.94 bits per heavy atom. The molecule has 192 valence electrons. The fraction of sp³-hybridized carbons (Fsp3) is 0.567. The number of benzene rings is 2. The van der Waals surface area contributed by atoms with Gasteiger partial charge in [-0.15, -0.1) is 12.4 Å². The van der Waals surface area contributed by atoms with Crippen LogP contribution in [0.4, 0.5) is 0 Å². The lowest BCUT2D eigenvalue weighted by molar-refractivity contribution is 0.134. The Morgan fingerprint density at radius 2 is 1.46 bits per heavy atom. The molecule has 0 spiro atoms. The number of nitrogens with zero attached hydrogens (tertiary/aromatic N) is 1. The molecule has 1 N–H and O–H groups in total. The average molecular weight is 500 g/mol. The SMILES string of the molecule is COc1cc2c(c3c1OC(C)(C)C3)C(c1cc(C(C)(C)C)c(O)c(C(C)(C)C)c1)=NC(C)(C)C2.Cl. The third-order valence-electron chi connectivity index (χ3n) is 6.90. The van der Waals surface area contributed by atoms with Gasteiger partial charge in [0.05, 0.1) is 18.4 Å². The van der Waals surface area contributed by atoms with E-state index >= 15 is 0 Å². The fourth-order valence-electron chi connectivity index (χ4n) is 5.34. The van der Waals surface area contributed by atoms with Crippen LogP contribution in [0.3, 0.4) is 0 Å². The number of phenols is 1. The molecule has 0 amide bonds. The van der Waals surface area contributed by atoms with E-state index in [0.29, 0.717) is 5.75 Å². The molecule has 5 heteroatoms. The maximum absolute atomic E-state index is 11.3. The third kappa shape index (κ3) is 4.91. The van der Waals surface area contributed by atoms with Crippen LogP contribution in [0.25, 0.3) is 0 Å². The van der Waals surface area contributed by atoms with Gasteiger partial charge in [0.1, 0.15) is 11.4 Å². The molecule has 2 aromatic rings. The molecule has 4 rings (SSSR count). The van der Waals surface area contributed by atoms with Gasteiger partial charge in [0.15, 0.2) is 11.5 Å². The number of hydrogen-bond donors (Lipinski definition) is 1. The zero-order chi connectivity index (χ0) is 25.4. The second kappa shape index (κ2) is 8.44. The molecule has 4 nitrogen and oxygen atoms in total. The monoisotopic (exact) mass is 499 g/mol. The van der Waals surface area contributed by atoms with Gasteiger partial charge in [0, 0.05) is 34.2 Å². The van der Waals surface area contributed by atoms with Crippen molar-refractivity contribution in [3.8, 4) is 17.2 Å². The van der Waals surface area contributed by atoms with Crippen LogP contribution >= 0.6 is 12.4 Å². The molecule has 35 heavy (non-hydrogen) atoms. The standard InChI is InChI=1S/C30H41NO3.ClH/c1-27(2,3)20-12-17(13-21(25(20)32)28(4,5)6)24-23-18(15-29(7,8)31-24)14-22(33-11)26-19(23)16-30(9,10)34-26;/h12-14,32H,15-16H2,1-11H3;1H. The molecule has 2 heterocycles. The minimum Gasteiger partial charge on any atom is -0.507 e. The number of aliphatic imine (C=N–C) groups is 1. The van der Waals surface area contributed by atoms with Gasteiger partial charge in [-0.2, -0.15) is 0 Å². The molecule has 0 saturated carbocycles. The van der Waals surface area contributed by atoms with Gasteiger partial charge < -0.3 is 14.6 Å². The molecule has 0 atom stereocenters. The highest BCUT2D eigenvalue weighted by molar-refractivity contribution is 6.16. The Kier molecular flexibility index (Phi) is 6.60. The van der Waals surface area contributed by atoms with Crippen molar-refractivity contribution < 1.29 is 14.6 Å². The summed E-state index contributed by atoms with van der Waals surface area (Å²) >= 11 is 0. The highest BCUT2D eigenvalue weighted by atomic mass is 35.5. The summed E-state index contributed by atoms with van der Waals surface area (Å²) in [6, 6.07) is 6.43. The lowest BCUT2D eigenvalue weighted by Gasteiger charge is -2.33. The second-order valence-corrected chi connectivity index (χ2v) is 13.3. The third-order valence-corrected chi connectivity index (χ3v) is 6.90. The van der Waals surface area contributed by atoms with Crippen molar-refractivity contribution in [2.45, 2.75) is 104 Å². The molecule has 0 aromatic heterocycles. The maximum atomic E-state index is 11.3. The number of fused-ring (bicyclic) bond motifs is 3. The van der Waals surface area contributed by atoms with Crippen LogP contribution in [0, 0.1) is 0 Å². The summed E-state index contributed by atoms with van der Waals surface area (Å²) in [4.78, 5) is 5.32. The van der Waals surface area contributed by atoms with Crippen LogP contribution in [0.5, 0.6) is 17.2 Å². The first-order valence-electron chi connectivity index (χ1n) is 12.3. The van der Waals surface area contributed by atoms with Crippen molar-refractivity contribution in [3.63, 3.8) is 0 Å². The van der Waals surface area contributed by atoms with Crippen LogP contribution in [-0.4, -0.2) is 29.1 Å².